The molecule has 10 nitrogen and oxygen atoms in total. The van der Waals surface area contributed by atoms with E-state index >= 15 is 0 Å². The first-order valence-corrected chi connectivity index (χ1v) is 12.4. The van der Waals surface area contributed by atoms with E-state index in [1.807, 2.05) is 24.3 Å². The van der Waals surface area contributed by atoms with Crippen molar-refractivity contribution in [2.24, 2.45) is 0 Å². The number of benzene rings is 2. The Morgan fingerprint density at radius 1 is 0.780 bits per heavy atom. The Kier molecular flexibility index (Phi) is 9.08. The molecule has 0 aliphatic carbocycles. The molecule has 41 heavy (non-hydrogen) atoms. The summed E-state index contributed by atoms with van der Waals surface area (Å²) in [4.78, 5) is 39.1. The molecule has 0 fully saturated rings. The number of hydrogen-bond donors (Lipinski definition) is 2. The monoisotopic (exact) mass is 592 g/mol. The lowest BCUT2D eigenvalue weighted by Gasteiger charge is -2.01. The third kappa shape index (κ3) is 6.93. The maximum Gasteiger partial charge on any atom is 0.373 e. The van der Waals surface area contributed by atoms with E-state index in [2.05, 4.69) is 19.9 Å². The summed E-state index contributed by atoms with van der Waals surface area (Å²) >= 11 is 11.8. The van der Waals surface area contributed by atoms with Gasteiger partial charge in [0.2, 0.25) is 11.5 Å². The number of fused-ring (bicyclic) bond motifs is 2. The van der Waals surface area contributed by atoms with Crippen LogP contribution in [-0.4, -0.2) is 41.9 Å². The van der Waals surface area contributed by atoms with E-state index < -0.39 is 11.8 Å². The van der Waals surface area contributed by atoms with Crippen molar-refractivity contribution in [1.29, 1.82) is 0 Å². The first kappa shape index (κ1) is 29.3. The SMILES string of the molecule is C.O=C(O)c1cnc(C(=O)c2ccc3ncc(Cl)cc3c2)o1.OCc1cnc(Cc2ccc3ncc(Cl)cc3c2)o1. The van der Waals surface area contributed by atoms with E-state index in [1.165, 1.54) is 12.4 Å². The zero-order chi connectivity index (χ0) is 28.2. The smallest absolute Gasteiger partial charge is 0.373 e. The van der Waals surface area contributed by atoms with Crippen molar-refractivity contribution < 1.29 is 28.6 Å². The summed E-state index contributed by atoms with van der Waals surface area (Å²) in [5.74, 6) is -1.40. The van der Waals surface area contributed by atoms with Gasteiger partial charge in [-0.15, -0.1) is 0 Å². The standard InChI is InChI=1S/C14H7ClN2O4.C14H11ClN2O2.CH4/c15-9-4-8-3-7(1-2-10(8)16-5-9)12(18)13-17-6-11(21-13)14(19)20;15-11-5-10-3-9(1-2-13(10)16-6-11)4-14-17-7-12(8-18)19-14;/h1-6H,(H,19,20);1-3,5-7,18H,4,8H2;1H4. The minimum atomic E-state index is -1.28. The molecule has 2 N–H and O–H groups in total. The third-order valence-corrected chi connectivity index (χ3v) is 6.06. The topological polar surface area (TPSA) is 152 Å². The highest BCUT2D eigenvalue weighted by Crippen LogP contribution is 2.21. The van der Waals surface area contributed by atoms with Crippen LogP contribution < -0.4 is 0 Å². The number of oxazole rings is 2. The first-order chi connectivity index (χ1) is 19.3. The Labute approximate surface area is 243 Å². The minimum Gasteiger partial charge on any atom is -0.475 e. The number of carbonyl (C=O) groups excluding carboxylic acids is 1. The molecular weight excluding hydrogens is 571 g/mol. The summed E-state index contributed by atoms with van der Waals surface area (Å²) in [5, 5.41) is 20.4. The summed E-state index contributed by atoms with van der Waals surface area (Å²) in [6.45, 7) is -0.135. The summed E-state index contributed by atoms with van der Waals surface area (Å²) in [6, 6.07) is 14.3. The van der Waals surface area contributed by atoms with E-state index in [1.54, 1.807) is 30.5 Å². The van der Waals surface area contributed by atoms with Gasteiger partial charge >= 0.3 is 5.97 Å². The number of hydrogen-bond acceptors (Lipinski definition) is 9. The van der Waals surface area contributed by atoms with Crippen molar-refractivity contribution in [2.75, 3.05) is 0 Å². The fourth-order valence-electron chi connectivity index (χ4n) is 3.79. The molecule has 2 aromatic carbocycles. The molecule has 12 heteroatoms. The number of aliphatic hydroxyl groups is 1. The van der Waals surface area contributed by atoms with Gasteiger partial charge in [0.05, 0.1) is 33.5 Å². The van der Waals surface area contributed by atoms with Gasteiger partial charge in [-0.2, -0.15) is 0 Å². The van der Waals surface area contributed by atoms with Gasteiger partial charge in [0.1, 0.15) is 12.4 Å². The molecule has 4 aromatic heterocycles. The predicted molar refractivity (Wildman–Crippen MR) is 152 cm³/mol. The predicted octanol–water partition coefficient (Wildman–Crippen LogP) is 6.40. The molecule has 0 saturated carbocycles. The number of carboxylic acid groups (broad SMARTS) is 1. The van der Waals surface area contributed by atoms with Crippen LogP contribution in [0.1, 0.15) is 51.4 Å². The lowest BCUT2D eigenvalue weighted by Crippen LogP contribution is -2.01. The molecule has 0 saturated heterocycles. The van der Waals surface area contributed by atoms with E-state index in [0.29, 0.717) is 44.6 Å². The molecular formula is C29H22Cl2N4O6. The normalized spacial score (nSPS) is 10.6. The molecule has 0 amide bonds. The van der Waals surface area contributed by atoms with Crippen LogP contribution in [0.2, 0.25) is 10.0 Å². The largest absolute Gasteiger partial charge is 0.475 e. The lowest BCUT2D eigenvalue weighted by molar-refractivity contribution is 0.0660. The first-order valence-electron chi connectivity index (χ1n) is 11.7. The molecule has 0 spiro atoms. The Bertz CT molecular complexity index is 1870. The van der Waals surface area contributed by atoms with Gasteiger partial charge in [0, 0.05) is 35.2 Å². The molecule has 6 rings (SSSR count). The average Bonchev–Trinajstić information content (AvgIpc) is 3.63. The van der Waals surface area contributed by atoms with Crippen LogP contribution in [0.5, 0.6) is 0 Å². The molecule has 0 aliphatic rings. The Balaban J connectivity index is 0.000000185. The van der Waals surface area contributed by atoms with Crippen LogP contribution in [0, 0.1) is 0 Å². The highest BCUT2D eigenvalue weighted by atomic mass is 35.5. The average molecular weight is 593 g/mol. The minimum absolute atomic E-state index is 0. The fourth-order valence-corrected chi connectivity index (χ4v) is 4.12. The maximum absolute atomic E-state index is 12.2. The van der Waals surface area contributed by atoms with E-state index in [-0.39, 0.29) is 25.7 Å². The number of carbonyl (C=O) groups is 2. The van der Waals surface area contributed by atoms with Crippen molar-refractivity contribution in [3.8, 4) is 0 Å². The second-order valence-electron chi connectivity index (χ2n) is 8.46. The third-order valence-electron chi connectivity index (χ3n) is 5.65. The van der Waals surface area contributed by atoms with Crippen molar-refractivity contribution >= 4 is 56.8 Å². The van der Waals surface area contributed by atoms with Crippen LogP contribution in [0.3, 0.4) is 0 Å². The van der Waals surface area contributed by atoms with Gasteiger partial charge in [0.25, 0.3) is 5.89 Å². The molecule has 6 aromatic rings. The molecule has 0 aliphatic heterocycles. The second-order valence-corrected chi connectivity index (χ2v) is 9.33. The summed E-state index contributed by atoms with van der Waals surface area (Å²) in [7, 11) is 0. The number of ketones is 1. The molecule has 0 radical (unpaired) electrons. The quantitative estimate of drug-likeness (QED) is 0.208. The van der Waals surface area contributed by atoms with Gasteiger partial charge in [-0.25, -0.2) is 14.8 Å². The number of pyridine rings is 2. The Morgan fingerprint density at radius 2 is 1.44 bits per heavy atom. The lowest BCUT2D eigenvalue weighted by atomic mass is 10.1. The van der Waals surface area contributed by atoms with Crippen LogP contribution in [-0.2, 0) is 13.0 Å². The van der Waals surface area contributed by atoms with Gasteiger partial charge < -0.3 is 19.0 Å². The number of aromatic nitrogens is 4. The summed E-state index contributed by atoms with van der Waals surface area (Å²) < 4.78 is 10.3. The Morgan fingerprint density at radius 3 is 2.05 bits per heavy atom. The number of nitrogens with zero attached hydrogens (tertiary/aromatic N) is 4. The van der Waals surface area contributed by atoms with Crippen molar-refractivity contribution in [3.05, 3.63) is 118 Å². The number of aromatic carboxylic acids is 1. The van der Waals surface area contributed by atoms with Gasteiger partial charge in [-0.1, -0.05) is 36.7 Å². The van der Waals surface area contributed by atoms with E-state index in [0.717, 1.165) is 22.7 Å². The zero-order valence-electron chi connectivity index (χ0n) is 20.4. The van der Waals surface area contributed by atoms with Crippen molar-refractivity contribution in [2.45, 2.75) is 20.5 Å². The van der Waals surface area contributed by atoms with Crippen LogP contribution in [0.25, 0.3) is 21.8 Å². The van der Waals surface area contributed by atoms with Gasteiger partial charge in [-0.3, -0.25) is 14.8 Å². The van der Waals surface area contributed by atoms with Crippen molar-refractivity contribution in [3.63, 3.8) is 0 Å². The second kappa shape index (κ2) is 12.7. The van der Waals surface area contributed by atoms with Crippen LogP contribution in [0.4, 0.5) is 0 Å². The number of carboxylic acids is 1. The number of halogens is 2. The van der Waals surface area contributed by atoms with Gasteiger partial charge in [0.15, 0.2) is 5.89 Å². The number of rotatable bonds is 6. The number of aliphatic hydroxyl groups excluding tert-OH is 1. The molecule has 0 unspecified atom stereocenters. The molecule has 0 atom stereocenters. The van der Waals surface area contributed by atoms with E-state index in [9.17, 15) is 9.59 Å². The molecule has 208 valence electrons. The van der Waals surface area contributed by atoms with Crippen LogP contribution in [0.15, 0.2) is 82.2 Å². The zero-order valence-corrected chi connectivity index (χ0v) is 21.9. The van der Waals surface area contributed by atoms with E-state index in [4.69, 9.17) is 42.2 Å². The summed E-state index contributed by atoms with van der Waals surface area (Å²) in [6.07, 6.45) is 6.25. The van der Waals surface area contributed by atoms with Crippen molar-refractivity contribution in [1.82, 2.24) is 19.9 Å². The highest BCUT2D eigenvalue weighted by Gasteiger charge is 2.19. The van der Waals surface area contributed by atoms with Gasteiger partial charge in [-0.05, 0) is 48.0 Å². The Hall–Kier alpha value is -4.64. The fraction of sp³-hybridized carbons (Fsp3) is 0.103. The maximum atomic E-state index is 12.2. The summed E-state index contributed by atoms with van der Waals surface area (Å²) in [5.41, 5.74) is 2.96. The van der Waals surface area contributed by atoms with Crippen LogP contribution >= 0.6 is 23.2 Å². The molecule has 0 bridgehead atoms. The molecule has 4 heterocycles. The highest BCUT2D eigenvalue weighted by molar-refractivity contribution is 6.31.